The predicted molar refractivity (Wildman–Crippen MR) is 147 cm³/mol. The molecule has 7 nitrogen and oxygen atoms in total. The van der Waals surface area contributed by atoms with Crippen LogP contribution in [0.5, 0.6) is 0 Å². The normalized spacial score (nSPS) is 24.3. The molecule has 1 saturated carbocycles. The topological polar surface area (TPSA) is 93.7 Å². The Hall–Kier alpha value is -2.97. The van der Waals surface area contributed by atoms with Crippen molar-refractivity contribution in [1.29, 1.82) is 0 Å². The molecule has 0 radical (unpaired) electrons. The molecule has 2 aliphatic heterocycles. The average molecular weight is 552 g/mol. The van der Waals surface area contributed by atoms with Crippen molar-refractivity contribution >= 4 is 52.0 Å². The van der Waals surface area contributed by atoms with E-state index in [4.69, 9.17) is 11.6 Å². The number of halogens is 1. The maximum Gasteiger partial charge on any atom is 0.306 e. The van der Waals surface area contributed by atoms with E-state index in [-0.39, 0.29) is 18.2 Å². The highest BCUT2D eigenvalue weighted by molar-refractivity contribution is 8.01. The Balaban J connectivity index is 1.47. The summed E-state index contributed by atoms with van der Waals surface area (Å²) < 4.78 is -1.09. The van der Waals surface area contributed by atoms with Crippen molar-refractivity contribution < 1.29 is 19.5 Å². The minimum atomic E-state index is -1.09. The highest BCUT2D eigenvalue weighted by atomic mass is 35.5. The van der Waals surface area contributed by atoms with Gasteiger partial charge in [-0.25, -0.2) is 0 Å². The van der Waals surface area contributed by atoms with E-state index in [9.17, 15) is 19.5 Å². The van der Waals surface area contributed by atoms with Gasteiger partial charge in [0.2, 0.25) is 11.8 Å². The van der Waals surface area contributed by atoms with Gasteiger partial charge in [0.15, 0.2) is 0 Å². The van der Waals surface area contributed by atoms with Crippen LogP contribution in [-0.4, -0.2) is 62.1 Å². The van der Waals surface area contributed by atoms with E-state index in [2.05, 4.69) is 4.98 Å². The summed E-state index contributed by atoms with van der Waals surface area (Å²) in [5.41, 5.74) is 1.78. The van der Waals surface area contributed by atoms with Gasteiger partial charge in [-0.05, 0) is 55.9 Å². The number of aromatic amines is 1. The minimum absolute atomic E-state index is 0.0117. The molecular weight excluding hydrogens is 522 g/mol. The van der Waals surface area contributed by atoms with Crippen LogP contribution in [0.2, 0.25) is 5.02 Å². The lowest BCUT2D eigenvalue weighted by atomic mass is 9.89. The van der Waals surface area contributed by atoms with Gasteiger partial charge in [-0.1, -0.05) is 35.9 Å². The summed E-state index contributed by atoms with van der Waals surface area (Å²) in [5.74, 6) is -0.896. The van der Waals surface area contributed by atoms with Gasteiger partial charge in [-0.3, -0.25) is 14.4 Å². The van der Waals surface area contributed by atoms with Gasteiger partial charge in [0.1, 0.15) is 4.75 Å². The highest BCUT2D eigenvalue weighted by Gasteiger charge is 2.60. The van der Waals surface area contributed by atoms with E-state index in [1.54, 1.807) is 4.90 Å². The van der Waals surface area contributed by atoms with Crippen molar-refractivity contribution in [3.8, 4) is 0 Å². The van der Waals surface area contributed by atoms with Crippen LogP contribution in [0, 0.1) is 11.8 Å². The molecule has 1 aromatic heterocycles. The molecule has 1 aliphatic carbocycles. The zero-order valence-electron chi connectivity index (χ0n) is 20.9. The number of aromatic nitrogens is 1. The SMILES string of the molecule is O=C(O)C1CCN(C(=O)C2(Sc3ccccc3)CC(=O)N(CC3CC3)C2c2c[nH]c3cc(Cl)ccc23)CC1. The molecule has 2 atom stereocenters. The van der Waals surface area contributed by atoms with Gasteiger partial charge >= 0.3 is 5.97 Å². The minimum Gasteiger partial charge on any atom is -0.481 e. The van der Waals surface area contributed by atoms with E-state index in [0.29, 0.717) is 43.4 Å². The van der Waals surface area contributed by atoms with Crippen LogP contribution >= 0.6 is 23.4 Å². The number of amides is 2. The maximum absolute atomic E-state index is 14.6. The molecule has 0 spiro atoms. The number of carboxylic acid groups (broad SMARTS) is 1. The van der Waals surface area contributed by atoms with Crippen molar-refractivity contribution in [2.24, 2.45) is 11.8 Å². The number of likely N-dealkylation sites (tertiary alicyclic amines) is 2. The first-order valence-corrected chi connectivity index (χ1v) is 14.4. The summed E-state index contributed by atoms with van der Waals surface area (Å²) in [6, 6.07) is 15.0. The van der Waals surface area contributed by atoms with Gasteiger partial charge in [-0.2, -0.15) is 0 Å². The molecule has 3 fully saturated rings. The number of rotatable bonds is 7. The Labute approximate surface area is 230 Å². The van der Waals surface area contributed by atoms with Crippen molar-refractivity contribution in [1.82, 2.24) is 14.8 Å². The van der Waals surface area contributed by atoms with Crippen LogP contribution in [0.15, 0.2) is 59.6 Å². The Morgan fingerprint density at radius 1 is 1.08 bits per heavy atom. The number of aliphatic carboxylic acids is 1. The first-order valence-electron chi connectivity index (χ1n) is 13.2. The number of H-pyrrole nitrogens is 1. The van der Waals surface area contributed by atoms with E-state index < -0.39 is 22.7 Å². The lowest BCUT2D eigenvalue weighted by molar-refractivity contribution is -0.146. The predicted octanol–water partition coefficient (Wildman–Crippen LogP) is 5.36. The van der Waals surface area contributed by atoms with Crippen molar-refractivity contribution in [3.05, 3.63) is 65.3 Å². The van der Waals surface area contributed by atoms with Crippen molar-refractivity contribution in [3.63, 3.8) is 0 Å². The second-order valence-corrected chi connectivity index (χ2v) is 12.6. The molecule has 2 unspecified atom stereocenters. The van der Waals surface area contributed by atoms with Gasteiger partial charge < -0.3 is 19.9 Å². The first kappa shape index (κ1) is 25.3. The smallest absolute Gasteiger partial charge is 0.306 e. The van der Waals surface area contributed by atoms with Crippen molar-refractivity contribution in [2.45, 2.75) is 47.8 Å². The quantitative estimate of drug-likeness (QED) is 0.412. The maximum atomic E-state index is 14.6. The van der Waals surface area contributed by atoms with E-state index in [1.807, 2.05) is 59.6 Å². The van der Waals surface area contributed by atoms with Crippen LogP contribution in [0.4, 0.5) is 0 Å². The molecule has 2 saturated heterocycles. The lowest BCUT2D eigenvalue weighted by Crippen LogP contribution is -2.52. The van der Waals surface area contributed by atoms with Gasteiger partial charge in [0, 0.05) is 52.2 Å². The highest BCUT2D eigenvalue weighted by Crippen LogP contribution is 2.55. The Morgan fingerprint density at radius 3 is 2.50 bits per heavy atom. The van der Waals surface area contributed by atoms with Crippen LogP contribution in [0.25, 0.3) is 10.9 Å². The van der Waals surface area contributed by atoms with Crippen molar-refractivity contribution in [2.75, 3.05) is 19.6 Å². The number of hydrogen-bond acceptors (Lipinski definition) is 4. The summed E-state index contributed by atoms with van der Waals surface area (Å²) in [6.45, 7) is 1.38. The number of carbonyl (C=O) groups excluding carboxylic acids is 2. The molecule has 3 aliphatic rings. The summed E-state index contributed by atoms with van der Waals surface area (Å²) >= 11 is 7.75. The number of thioether (sulfide) groups is 1. The fourth-order valence-corrected chi connectivity index (χ4v) is 7.66. The summed E-state index contributed by atoms with van der Waals surface area (Å²) in [4.78, 5) is 48.0. The number of nitrogens with one attached hydrogen (secondary N) is 1. The van der Waals surface area contributed by atoms with Crippen LogP contribution in [0.1, 0.15) is 43.7 Å². The molecule has 2 amide bonds. The summed E-state index contributed by atoms with van der Waals surface area (Å²) in [5, 5.41) is 11.1. The molecule has 0 bridgehead atoms. The molecule has 3 aromatic rings. The zero-order chi connectivity index (χ0) is 26.4. The zero-order valence-corrected chi connectivity index (χ0v) is 22.5. The fraction of sp³-hybridized carbons (Fsp3) is 0.414. The Morgan fingerprint density at radius 2 is 1.82 bits per heavy atom. The third kappa shape index (κ3) is 4.58. The molecule has 198 valence electrons. The standard InChI is InChI=1S/C29H30ClN3O4S/c30-20-8-9-22-23(16-31-24(22)14-20)26-29(38-21-4-2-1-3-5-21,15-25(34)33(26)17-18-6-7-18)28(37)32-12-10-19(11-13-32)27(35)36/h1-5,8-9,14,16,18-19,26,31H,6-7,10-13,15,17H2,(H,35,36). The third-order valence-electron chi connectivity index (χ3n) is 8.15. The average Bonchev–Trinajstić information content (AvgIpc) is 3.59. The molecular formula is C29H30ClN3O4S. The van der Waals surface area contributed by atoms with E-state index in [1.165, 1.54) is 11.8 Å². The fourth-order valence-electron chi connectivity index (χ4n) is 5.99. The molecule has 9 heteroatoms. The molecule has 38 heavy (non-hydrogen) atoms. The van der Waals surface area contributed by atoms with Crippen LogP contribution in [-0.2, 0) is 14.4 Å². The van der Waals surface area contributed by atoms with Gasteiger partial charge in [-0.15, -0.1) is 11.8 Å². The third-order valence-corrected chi connectivity index (χ3v) is 9.80. The number of benzene rings is 2. The Kier molecular flexibility index (Phi) is 6.64. The number of nitrogens with zero attached hydrogens (tertiary/aromatic N) is 2. The summed E-state index contributed by atoms with van der Waals surface area (Å²) in [7, 11) is 0. The number of carbonyl (C=O) groups is 3. The lowest BCUT2D eigenvalue weighted by Gasteiger charge is -2.41. The number of carboxylic acids is 1. The number of hydrogen-bond donors (Lipinski definition) is 2. The molecule has 3 heterocycles. The molecule has 2 aromatic carbocycles. The van der Waals surface area contributed by atoms with Crippen LogP contribution in [0.3, 0.4) is 0 Å². The molecule has 2 N–H and O–H groups in total. The Bertz CT molecular complexity index is 1380. The number of piperidine rings is 1. The first-order chi connectivity index (χ1) is 18.4. The second-order valence-electron chi connectivity index (χ2n) is 10.7. The van der Waals surface area contributed by atoms with E-state index >= 15 is 0 Å². The van der Waals surface area contributed by atoms with Gasteiger partial charge in [0.25, 0.3) is 0 Å². The van der Waals surface area contributed by atoms with Crippen LogP contribution < -0.4 is 0 Å². The second kappa shape index (κ2) is 9.97. The summed E-state index contributed by atoms with van der Waals surface area (Å²) in [6.07, 6.45) is 5.05. The monoisotopic (exact) mass is 551 g/mol. The number of fused-ring (bicyclic) bond motifs is 1. The van der Waals surface area contributed by atoms with Gasteiger partial charge in [0.05, 0.1) is 18.4 Å². The molecule has 6 rings (SSSR count). The van der Waals surface area contributed by atoms with E-state index in [0.717, 1.165) is 34.2 Å². The largest absolute Gasteiger partial charge is 0.481 e.